The lowest BCUT2D eigenvalue weighted by atomic mass is 9.97. The molecule has 2 aromatic carbocycles. The molecule has 31 heavy (non-hydrogen) atoms. The van der Waals surface area contributed by atoms with Gasteiger partial charge in [-0.15, -0.1) is 0 Å². The molecule has 1 saturated heterocycles. The van der Waals surface area contributed by atoms with Gasteiger partial charge in [0.1, 0.15) is 11.3 Å². The first-order valence-corrected chi connectivity index (χ1v) is 10.9. The smallest absolute Gasteiger partial charge is 0.246 e. The topological polar surface area (TPSA) is 84.2 Å². The van der Waals surface area contributed by atoms with Gasteiger partial charge in [0, 0.05) is 18.7 Å². The molecule has 9 heteroatoms. The first-order chi connectivity index (χ1) is 15.2. The number of halogens is 1. The zero-order valence-corrected chi connectivity index (χ0v) is 17.4. The fraction of sp³-hybridized carbons (Fsp3) is 0.273. The Kier molecular flexibility index (Phi) is 5.33. The summed E-state index contributed by atoms with van der Waals surface area (Å²) in [4.78, 5) is 23.6. The number of thiazole rings is 1. The number of aromatic nitrogens is 3. The molecule has 0 saturated carbocycles. The Labute approximate surface area is 181 Å². The van der Waals surface area contributed by atoms with Gasteiger partial charge in [0.15, 0.2) is 5.13 Å². The molecule has 1 aliphatic heterocycles. The molecule has 4 aromatic rings. The number of amides is 1. The van der Waals surface area contributed by atoms with E-state index in [1.807, 2.05) is 36.4 Å². The van der Waals surface area contributed by atoms with Gasteiger partial charge in [-0.05, 0) is 25.0 Å². The SMILES string of the molecule is O=C(NCc1nc(-c2ccccc2)no1)C1CCCN(c2nc3c(F)cccc3s2)C1. The predicted molar refractivity (Wildman–Crippen MR) is 116 cm³/mol. The molecule has 1 fully saturated rings. The van der Waals surface area contributed by atoms with Crippen LogP contribution in [0.1, 0.15) is 18.7 Å². The van der Waals surface area contributed by atoms with Crippen molar-refractivity contribution in [2.75, 3.05) is 18.0 Å². The van der Waals surface area contributed by atoms with Gasteiger partial charge in [0.25, 0.3) is 0 Å². The molecular formula is C22H20FN5O2S. The highest BCUT2D eigenvalue weighted by molar-refractivity contribution is 7.22. The van der Waals surface area contributed by atoms with Crippen LogP contribution in [0.2, 0.25) is 0 Å². The number of piperidine rings is 1. The Morgan fingerprint density at radius 3 is 2.90 bits per heavy atom. The monoisotopic (exact) mass is 437 g/mol. The number of nitrogens with zero attached hydrogens (tertiary/aromatic N) is 4. The lowest BCUT2D eigenvalue weighted by Gasteiger charge is -2.31. The van der Waals surface area contributed by atoms with E-state index in [1.54, 1.807) is 6.07 Å². The van der Waals surface area contributed by atoms with Crippen molar-refractivity contribution in [2.45, 2.75) is 19.4 Å². The number of para-hydroxylation sites is 1. The highest BCUT2D eigenvalue weighted by Crippen LogP contribution is 2.32. The molecule has 1 N–H and O–H groups in total. The van der Waals surface area contributed by atoms with Crippen LogP contribution in [-0.4, -0.2) is 34.1 Å². The number of anilines is 1. The van der Waals surface area contributed by atoms with Crippen molar-refractivity contribution >= 4 is 32.6 Å². The summed E-state index contributed by atoms with van der Waals surface area (Å²) < 4.78 is 20.1. The van der Waals surface area contributed by atoms with Crippen LogP contribution in [0.25, 0.3) is 21.6 Å². The standard InChI is InChI=1S/C22H20FN5O2S/c23-16-9-4-10-17-19(16)26-22(31-17)28-11-5-8-15(13-28)21(29)24-12-18-25-20(27-30-18)14-6-2-1-3-7-14/h1-4,6-7,9-10,15H,5,8,11-13H2,(H,24,29). The van der Waals surface area contributed by atoms with Gasteiger partial charge in [0.05, 0.1) is 17.2 Å². The third-order valence-electron chi connectivity index (χ3n) is 5.34. The van der Waals surface area contributed by atoms with E-state index in [4.69, 9.17) is 4.52 Å². The molecule has 0 radical (unpaired) electrons. The van der Waals surface area contributed by atoms with Gasteiger partial charge < -0.3 is 14.7 Å². The van der Waals surface area contributed by atoms with Crippen LogP contribution < -0.4 is 10.2 Å². The van der Waals surface area contributed by atoms with E-state index in [1.165, 1.54) is 17.4 Å². The second kappa shape index (κ2) is 8.43. The quantitative estimate of drug-likeness (QED) is 0.508. The van der Waals surface area contributed by atoms with Gasteiger partial charge in [-0.3, -0.25) is 4.79 Å². The number of benzene rings is 2. The van der Waals surface area contributed by atoms with Crippen molar-refractivity contribution in [1.82, 2.24) is 20.4 Å². The zero-order valence-electron chi connectivity index (χ0n) is 16.6. The number of nitrogens with one attached hydrogen (secondary N) is 1. The molecule has 0 aliphatic carbocycles. The summed E-state index contributed by atoms with van der Waals surface area (Å²) in [6.07, 6.45) is 1.66. The van der Waals surface area contributed by atoms with Crippen molar-refractivity contribution in [3.8, 4) is 11.4 Å². The van der Waals surface area contributed by atoms with Crippen molar-refractivity contribution in [3.63, 3.8) is 0 Å². The summed E-state index contributed by atoms with van der Waals surface area (Å²) in [5, 5.41) is 7.63. The van der Waals surface area contributed by atoms with Crippen LogP contribution in [-0.2, 0) is 11.3 Å². The van der Waals surface area contributed by atoms with E-state index < -0.39 is 0 Å². The molecule has 1 aliphatic rings. The average Bonchev–Trinajstić information content (AvgIpc) is 3.46. The maximum absolute atomic E-state index is 14.0. The first kappa shape index (κ1) is 19.6. The summed E-state index contributed by atoms with van der Waals surface area (Å²) in [6, 6.07) is 14.5. The lowest BCUT2D eigenvalue weighted by molar-refractivity contribution is -0.125. The Bertz CT molecular complexity index is 1210. The number of rotatable bonds is 5. The van der Waals surface area contributed by atoms with E-state index in [-0.39, 0.29) is 24.2 Å². The third-order valence-corrected chi connectivity index (χ3v) is 6.42. The second-order valence-corrected chi connectivity index (χ2v) is 8.47. The van der Waals surface area contributed by atoms with Crippen LogP contribution in [0.4, 0.5) is 9.52 Å². The molecule has 2 aromatic heterocycles. The van der Waals surface area contributed by atoms with Crippen molar-refractivity contribution in [3.05, 3.63) is 60.2 Å². The highest BCUT2D eigenvalue weighted by atomic mass is 32.1. The fourth-order valence-corrected chi connectivity index (χ4v) is 4.76. The number of carbonyl (C=O) groups excluding carboxylic acids is 1. The van der Waals surface area contributed by atoms with E-state index >= 15 is 0 Å². The average molecular weight is 438 g/mol. The summed E-state index contributed by atoms with van der Waals surface area (Å²) in [5.41, 5.74) is 1.25. The maximum Gasteiger partial charge on any atom is 0.246 e. The molecule has 1 amide bonds. The van der Waals surface area contributed by atoms with E-state index in [0.717, 1.165) is 34.8 Å². The van der Waals surface area contributed by atoms with Crippen LogP contribution >= 0.6 is 11.3 Å². The van der Waals surface area contributed by atoms with Crippen molar-refractivity contribution in [1.29, 1.82) is 0 Å². The number of hydrogen-bond donors (Lipinski definition) is 1. The molecule has 3 heterocycles. The van der Waals surface area contributed by atoms with Crippen LogP contribution in [0.15, 0.2) is 53.1 Å². The Morgan fingerprint density at radius 1 is 1.19 bits per heavy atom. The maximum atomic E-state index is 14.0. The van der Waals surface area contributed by atoms with Crippen molar-refractivity contribution < 1.29 is 13.7 Å². The van der Waals surface area contributed by atoms with Crippen LogP contribution in [0, 0.1) is 11.7 Å². The molecule has 0 bridgehead atoms. The minimum absolute atomic E-state index is 0.0588. The molecule has 1 unspecified atom stereocenters. The summed E-state index contributed by atoms with van der Waals surface area (Å²) in [6.45, 7) is 1.53. The normalized spacial score (nSPS) is 16.5. The van der Waals surface area contributed by atoms with Gasteiger partial charge in [0.2, 0.25) is 17.6 Å². The minimum Gasteiger partial charge on any atom is -0.347 e. The second-order valence-electron chi connectivity index (χ2n) is 7.46. The van der Waals surface area contributed by atoms with Crippen molar-refractivity contribution in [2.24, 2.45) is 5.92 Å². The largest absolute Gasteiger partial charge is 0.347 e. The first-order valence-electron chi connectivity index (χ1n) is 10.1. The molecule has 7 nitrogen and oxygen atoms in total. The molecule has 158 valence electrons. The van der Waals surface area contributed by atoms with Crippen LogP contribution in [0.5, 0.6) is 0 Å². The Morgan fingerprint density at radius 2 is 2.06 bits per heavy atom. The summed E-state index contributed by atoms with van der Waals surface area (Å²) >= 11 is 1.45. The van der Waals surface area contributed by atoms with E-state index in [0.29, 0.717) is 23.8 Å². The highest BCUT2D eigenvalue weighted by Gasteiger charge is 2.28. The number of hydrogen-bond acceptors (Lipinski definition) is 7. The minimum atomic E-state index is -0.319. The number of carbonyl (C=O) groups is 1. The zero-order chi connectivity index (χ0) is 21.2. The number of fused-ring (bicyclic) bond motifs is 1. The van der Waals surface area contributed by atoms with Crippen LogP contribution in [0.3, 0.4) is 0 Å². The fourth-order valence-electron chi connectivity index (χ4n) is 3.74. The van der Waals surface area contributed by atoms with E-state index in [9.17, 15) is 9.18 Å². The molecular weight excluding hydrogens is 417 g/mol. The Balaban J connectivity index is 1.22. The van der Waals surface area contributed by atoms with Gasteiger partial charge in [-0.1, -0.05) is 52.9 Å². The predicted octanol–water partition coefficient (Wildman–Crippen LogP) is 4.02. The molecule has 5 rings (SSSR count). The van der Waals surface area contributed by atoms with Gasteiger partial charge in [-0.25, -0.2) is 9.37 Å². The summed E-state index contributed by atoms with van der Waals surface area (Å²) in [5.74, 6) is 0.303. The molecule has 1 atom stereocenters. The van der Waals surface area contributed by atoms with E-state index in [2.05, 4.69) is 25.3 Å². The van der Waals surface area contributed by atoms with Gasteiger partial charge >= 0.3 is 0 Å². The molecule has 0 spiro atoms. The summed E-state index contributed by atoms with van der Waals surface area (Å²) in [7, 11) is 0. The Hall–Kier alpha value is -3.33. The third kappa shape index (κ3) is 4.13. The lowest BCUT2D eigenvalue weighted by Crippen LogP contribution is -2.43. The van der Waals surface area contributed by atoms with Gasteiger partial charge in [-0.2, -0.15) is 4.98 Å².